The van der Waals surface area contributed by atoms with Gasteiger partial charge in [-0.05, 0) is 49.2 Å². The van der Waals surface area contributed by atoms with Gasteiger partial charge in [-0.25, -0.2) is 9.97 Å². The summed E-state index contributed by atoms with van der Waals surface area (Å²) in [5.41, 5.74) is 3.81. The molecule has 6 heteroatoms. The lowest BCUT2D eigenvalue weighted by atomic mass is 10.1. The van der Waals surface area contributed by atoms with E-state index in [0.717, 1.165) is 17.8 Å². The van der Waals surface area contributed by atoms with Crippen molar-refractivity contribution in [3.63, 3.8) is 0 Å². The smallest absolute Gasteiger partial charge is 0.277 e. The van der Waals surface area contributed by atoms with Crippen LogP contribution in [0, 0.1) is 11.3 Å². The molecule has 0 radical (unpaired) electrons. The second-order valence-electron chi connectivity index (χ2n) is 6.46. The highest BCUT2D eigenvalue weighted by Gasteiger charge is 2.31. The number of hydrogen-bond donors (Lipinski definition) is 1. The summed E-state index contributed by atoms with van der Waals surface area (Å²) >= 11 is 0. The van der Waals surface area contributed by atoms with Gasteiger partial charge in [0.25, 0.3) is 5.91 Å². The van der Waals surface area contributed by atoms with Crippen molar-refractivity contribution in [1.82, 2.24) is 9.97 Å². The third kappa shape index (κ3) is 3.23. The minimum atomic E-state index is -0.141. The van der Waals surface area contributed by atoms with Gasteiger partial charge >= 0.3 is 0 Å². The van der Waals surface area contributed by atoms with Crippen LogP contribution in [0.3, 0.4) is 0 Å². The number of rotatable bonds is 3. The molecule has 1 aliphatic rings. The third-order valence-corrected chi connectivity index (χ3v) is 4.60. The SMILES string of the molecule is CC1Cc2ccccc2N1C(=O)c1cc(Nc2ccc(C#N)cc2)ncn1. The van der Waals surface area contributed by atoms with E-state index in [0.29, 0.717) is 17.1 Å². The lowest BCUT2D eigenvalue weighted by Crippen LogP contribution is -2.36. The lowest BCUT2D eigenvalue weighted by molar-refractivity contribution is 0.0976. The summed E-state index contributed by atoms with van der Waals surface area (Å²) in [6, 6.07) is 18.8. The van der Waals surface area contributed by atoms with Crippen LogP contribution in [0.2, 0.25) is 0 Å². The number of carbonyl (C=O) groups excluding carboxylic acids is 1. The van der Waals surface area contributed by atoms with Crippen LogP contribution < -0.4 is 10.2 Å². The first-order valence-electron chi connectivity index (χ1n) is 8.66. The zero-order valence-electron chi connectivity index (χ0n) is 14.8. The minimum Gasteiger partial charge on any atom is -0.340 e. The molecule has 1 amide bonds. The number of hydrogen-bond acceptors (Lipinski definition) is 5. The van der Waals surface area contributed by atoms with Crippen LogP contribution in [-0.4, -0.2) is 21.9 Å². The number of para-hydroxylation sites is 1. The maximum absolute atomic E-state index is 13.1. The van der Waals surface area contributed by atoms with Crippen LogP contribution in [0.15, 0.2) is 60.9 Å². The maximum atomic E-state index is 13.1. The summed E-state index contributed by atoms with van der Waals surface area (Å²) in [5.74, 6) is 0.385. The molecule has 0 spiro atoms. The van der Waals surface area contributed by atoms with Crippen molar-refractivity contribution in [3.8, 4) is 6.07 Å². The first-order chi connectivity index (χ1) is 13.2. The highest BCUT2D eigenvalue weighted by atomic mass is 16.2. The number of nitriles is 1. The summed E-state index contributed by atoms with van der Waals surface area (Å²) in [6.45, 7) is 2.04. The second-order valence-corrected chi connectivity index (χ2v) is 6.46. The predicted molar refractivity (Wildman–Crippen MR) is 103 cm³/mol. The molecule has 1 N–H and O–H groups in total. The van der Waals surface area contributed by atoms with Crippen molar-refractivity contribution in [2.75, 3.05) is 10.2 Å². The Kier molecular flexibility index (Phi) is 4.27. The van der Waals surface area contributed by atoms with Crippen LogP contribution in [0.25, 0.3) is 0 Å². The Labute approximate surface area is 157 Å². The highest BCUT2D eigenvalue weighted by molar-refractivity contribution is 6.06. The fourth-order valence-electron chi connectivity index (χ4n) is 3.32. The molecule has 1 unspecified atom stereocenters. The molecular weight excluding hydrogens is 338 g/mol. The van der Waals surface area contributed by atoms with E-state index in [-0.39, 0.29) is 11.9 Å². The van der Waals surface area contributed by atoms with Crippen molar-refractivity contribution in [1.29, 1.82) is 5.26 Å². The van der Waals surface area contributed by atoms with E-state index < -0.39 is 0 Å². The molecule has 0 fully saturated rings. The van der Waals surface area contributed by atoms with Crippen molar-refractivity contribution in [2.24, 2.45) is 0 Å². The van der Waals surface area contributed by atoms with Crippen LogP contribution >= 0.6 is 0 Å². The molecule has 0 bridgehead atoms. The molecule has 6 nitrogen and oxygen atoms in total. The van der Waals surface area contributed by atoms with Crippen molar-refractivity contribution < 1.29 is 4.79 Å². The number of nitrogens with zero attached hydrogens (tertiary/aromatic N) is 4. The van der Waals surface area contributed by atoms with E-state index in [2.05, 4.69) is 27.4 Å². The molecule has 0 aliphatic carbocycles. The standard InChI is InChI=1S/C21H17N5O/c1-14-10-16-4-2-3-5-19(16)26(14)21(27)18-11-20(24-13-23-18)25-17-8-6-15(12-22)7-9-17/h2-9,11,13-14H,10H2,1H3,(H,23,24,25). The lowest BCUT2D eigenvalue weighted by Gasteiger charge is -2.22. The molecule has 1 aromatic heterocycles. The van der Waals surface area contributed by atoms with Crippen molar-refractivity contribution in [2.45, 2.75) is 19.4 Å². The van der Waals surface area contributed by atoms with Crippen LogP contribution in [0.5, 0.6) is 0 Å². The van der Waals surface area contributed by atoms with E-state index in [1.807, 2.05) is 25.1 Å². The monoisotopic (exact) mass is 355 g/mol. The number of benzene rings is 2. The summed E-state index contributed by atoms with van der Waals surface area (Å²) < 4.78 is 0. The fourth-order valence-corrected chi connectivity index (χ4v) is 3.32. The normalized spacial score (nSPS) is 15.1. The van der Waals surface area contributed by atoms with Gasteiger partial charge in [0, 0.05) is 23.5 Å². The third-order valence-electron chi connectivity index (χ3n) is 4.60. The molecule has 1 aliphatic heterocycles. The van der Waals surface area contributed by atoms with Gasteiger partial charge in [-0.15, -0.1) is 0 Å². The van der Waals surface area contributed by atoms with Crippen LogP contribution in [-0.2, 0) is 6.42 Å². The fraction of sp³-hybridized carbons (Fsp3) is 0.143. The van der Waals surface area contributed by atoms with Crippen LogP contribution in [0.4, 0.5) is 17.2 Å². The molecule has 132 valence electrons. The largest absolute Gasteiger partial charge is 0.340 e. The van der Waals surface area contributed by atoms with Crippen molar-refractivity contribution >= 4 is 23.1 Å². The first kappa shape index (κ1) is 16.7. The highest BCUT2D eigenvalue weighted by Crippen LogP contribution is 2.33. The minimum absolute atomic E-state index is 0.0831. The number of aromatic nitrogens is 2. The average Bonchev–Trinajstić information content (AvgIpc) is 3.04. The molecule has 0 saturated carbocycles. The first-order valence-corrected chi connectivity index (χ1v) is 8.66. The zero-order valence-corrected chi connectivity index (χ0v) is 14.8. The zero-order chi connectivity index (χ0) is 18.8. The molecule has 3 aromatic rings. The number of fused-ring (bicyclic) bond motifs is 1. The Morgan fingerprint density at radius 3 is 2.74 bits per heavy atom. The van der Waals surface area contributed by atoms with E-state index >= 15 is 0 Å². The molecule has 0 saturated heterocycles. The van der Waals surface area contributed by atoms with Gasteiger partial charge in [0.2, 0.25) is 0 Å². The Morgan fingerprint density at radius 2 is 1.96 bits per heavy atom. The number of nitrogens with one attached hydrogen (secondary N) is 1. The van der Waals surface area contributed by atoms with Gasteiger partial charge in [0.1, 0.15) is 17.8 Å². The maximum Gasteiger partial charge on any atom is 0.277 e. The Bertz CT molecular complexity index is 1040. The van der Waals surface area contributed by atoms with Crippen LogP contribution in [0.1, 0.15) is 28.5 Å². The van der Waals surface area contributed by atoms with Gasteiger partial charge in [-0.3, -0.25) is 4.79 Å². The van der Waals surface area contributed by atoms with E-state index in [1.165, 1.54) is 11.9 Å². The molecular formula is C21H17N5O. The Morgan fingerprint density at radius 1 is 1.19 bits per heavy atom. The second kappa shape index (κ2) is 6.89. The van der Waals surface area contributed by atoms with Crippen molar-refractivity contribution in [3.05, 3.63) is 77.7 Å². The molecule has 1 atom stereocenters. The summed E-state index contributed by atoms with van der Waals surface area (Å²) in [5, 5.41) is 12.0. The topological polar surface area (TPSA) is 81.9 Å². The number of amides is 1. The average molecular weight is 355 g/mol. The molecule has 2 heterocycles. The predicted octanol–water partition coefficient (Wildman–Crippen LogP) is 3.68. The van der Waals surface area contributed by atoms with Gasteiger partial charge in [0.15, 0.2) is 0 Å². The molecule has 4 rings (SSSR count). The van der Waals surface area contributed by atoms with E-state index in [1.54, 1.807) is 35.2 Å². The van der Waals surface area contributed by atoms with Gasteiger partial charge in [-0.1, -0.05) is 18.2 Å². The van der Waals surface area contributed by atoms with Gasteiger partial charge in [0.05, 0.1) is 11.6 Å². The van der Waals surface area contributed by atoms with E-state index in [4.69, 9.17) is 5.26 Å². The Hall–Kier alpha value is -3.72. The van der Waals surface area contributed by atoms with E-state index in [9.17, 15) is 4.79 Å². The Balaban J connectivity index is 1.59. The summed E-state index contributed by atoms with van der Waals surface area (Å²) in [6.07, 6.45) is 2.22. The molecule has 27 heavy (non-hydrogen) atoms. The molecule has 2 aromatic carbocycles. The quantitative estimate of drug-likeness (QED) is 0.775. The van der Waals surface area contributed by atoms with Gasteiger partial charge in [-0.2, -0.15) is 5.26 Å². The number of anilines is 3. The number of carbonyl (C=O) groups is 1. The van der Waals surface area contributed by atoms with Gasteiger partial charge < -0.3 is 10.2 Å². The summed E-state index contributed by atoms with van der Waals surface area (Å²) in [4.78, 5) is 23.2. The summed E-state index contributed by atoms with van der Waals surface area (Å²) in [7, 11) is 0.